The van der Waals surface area contributed by atoms with Gasteiger partial charge in [-0.1, -0.05) is 76.2 Å². The van der Waals surface area contributed by atoms with Crippen molar-refractivity contribution in [3.63, 3.8) is 0 Å². The molecule has 2 aromatic rings. The number of rotatable bonds is 9. The van der Waals surface area contributed by atoms with Crippen LogP contribution in [0.15, 0.2) is 11.1 Å². The van der Waals surface area contributed by atoms with Gasteiger partial charge in [0.1, 0.15) is 18.4 Å². The summed E-state index contributed by atoms with van der Waals surface area (Å²) >= 11 is 0. The largest absolute Gasteiger partial charge is 0.411 e. The summed E-state index contributed by atoms with van der Waals surface area (Å²) in [6.45, 7) is 30.8. The molecule has 3 rings (SSSR count). The van der Waals surface area contributed by atoms with E-state index in [0.29, 0.717) is 6.42 Å². The monoisotopic (exact) mass is 649 g/mol. The number of Topliss-reactive ketones (excluding diaryl/α,β-unsaturated/α-hetero) is 1. The maximum atomic E-state index is 14.2. The van der Waals surface area contributed by atoms with Crippen molar-refractivity contribution in [3.05, 3.63) is 16.7 Å². The third-order valence-electron chi connectivity index (χ3n) is 9.40. The topological polar surface area (TPSA) is 137 Å². The molecule has 0 radical (unpaired) electrons. The van der Waals surface area contributed by atoms with Crippen LogP contribution in [0.3, 0.4) is 0 Å². The molecule has 11 nitrogen and oxygen atoms in total. The minimum atomic E-state index is -2.44. The van der Waals surface area contributed by atoms with Crippen LogP contribution >= 0.6 is 0 Å². The van der Waals surface area contributed by atoms with E-state index in [9.17, 15) is 14.4 Å². The summed E-state index contributed by atoms with van der Waals surface area (Å²) in [7, 11) is -4.76. The van der Waals surface area contributed by atoms with Gasteiger partial charge in [0, 0.05) is 17.8 Å². The number of carbonyl (C=O) groups excluding carboxylic acids is 2. The van der Waals surface area contributed by atoms with Crippen molar-refractivity contribution in [1.82, 2.24) is 19.5 Å². The van der Waals surface area contributed by atoms with Crippen molar-refractivity contribution in [2.24, 2.45) is 11.3 Å². The van der Waals surface area contributed by atoms with E-state index in [1.807, 2.05) is 20.8 Å². The van der Waals surface area contributed by atoms with E-state index in [0.717, 1.165) is 0 Å². The fourth-order valence-electron chi connectivity index (χ4n) is 4.42. The van der Waals surface area contributed by atoms with Crippen LogP contribution in [0.2, 0.25) is 36.3 Å². The molecule has 44 heavy (non-hydrogen) atoms. The SMILES string of the molecule is CC(C)C(=O)Nc1nc2c(ncn2[C@H]2C[C@H](O[Si](C)(C)C(C)(C)C)[C@@H]([C@@H](O[Si](C)(C)C(C)(C)C)C(=O)C(C)(C)C)O2)c(=O)[nH]1. The zero-order valence-corrected chi connectivity index (χ0v) is 31.5. The number of hydrogen-bond acceptors (Lipinski definition) is 8. The van der Waals surface area contributed by atoms with Crippen molar-refractivity contribution >= 4 is 45.4 Å². The Balaban J connectivity index is 2.15. The van der Waals surface area contributed by atoms with E-state index in [1.165, 1.54) is 6.33 Å². The second-order valence-corrected chi connectivity index (χ2v) is 26.0. The summed E-state index contributed by atoms with van der Waals surface area (Å²) in [5.41, 5.74) is -0.760. The Morgan fingerprint density at radius 1 is 1.02 bits per heavy atom. The van der Waals surface area contributed by atoms with Crippen LogP contribution < -0.4 is 10.9 Å². The standard InChI is InChI=1S/C31H55N5O6Si2/c1-18(2)26(38)34-28-33-25-21(27(39)35-28)32-17-36(25)20-16-19(41-43(12,13)30(6,7)8)22(40-20)23(24(37)29(3,4)5)42-44(14,15)31(9,10)11/h17-20,22-23H,16H2,1-15H3,(H2,33,34,35,38,39)/t19-,20+,22-,23+/m0/s1. The number of anilines is 1. The highest BCUT2D eigenvalue weighted by molar-refractivity contribution is 6.74. The molecule has 13 heteroatoms. The van der Waals surface area contributed by atoms with Gasteiger partial charge in [-0.3, -0.25) is 29.3 Å². The van der Waals surface area contributed by atoms with E-state index >= 15 is 0 Å². The molecule has 0 aromatic carbocycles. The lowest BCUT2D eigenvalue weighted by atomic mass is 9.85. The number of imidazole rings is 1. The summed E-state index contributed by atoms with van der Waals surface area (Å²) < 4.78 is 22.4. The fraction of sp³-hybridized carbons (Fsp3) is 0.774. The van der Waals surface area contributed by atoms with Crippen molar-refractivity contribution in [2.45, 2.75) is 143 Å². The molecule has 248 valence electrons. The smallest absolute Gasteiger partial charge is 0.280 e. The predicted molar refractivity (Wildman–Crippen MR) is 179 cm³/mol. The number of carbonyl (C=O) groups is 2. The molecule has 0 spiro atoms. The highest BCUT2D eigenvalue weighted by Gasteiger charge is 2.53. The molecule has 0 bridgehead atoms. The van der Waals surface area contributed by atoms with E-state index in [4.69, 9.17) is 13.6 Å². The predicted octanol–water partition coefficient (Wildman–Crippen LogP) is 6.40. The lowest BCUT2D eigenvalue weighted by Crippen LogP contribution is -2.56. The molecule has 2 N–H and O–H groups in total. The molecule has 2 aromatic heterocycles. The van der Waals surface area contributed by atoms with Gasteiger partial charge in [0.25, 0.3) is 5.56 Å². The summed E-state index contributed by atoms with van der Waals surface area (Å²) in [4.78, 5) is 50.9. The maximum Gasteiger partial charge on any atom is 0.280 e. The average Bonchev–Trinajstić information content (AvgIpc) is 3.44. The molecule has 3 heterocycles. The number of nitrogens with zero attached hydrogens (tertiary/aromatic N) is 3. The van der Waals surface area contributed by atoms with Gasteiger partial charge in [0.15, 0.2) is 33.6 Å². The molecule has 1 fully saturated rings. The van der Waals surface area contributed by atoms with Crippen molar-refractivity contribution in [3.8, 4) is 0 Å². The molecule has 1 aliphatic heterocycles. The molecule has 0 unspecified atom stereocenters. The summed E-state index contributed by atoms with van der Waals surface area (Å²) in [5.74, 6) is -0.578. The van der Waals surface area contributed by atoms with Crippen LogP contribution in [0, 0.1) is 11.3 Å². The van der Waals surface area contributed by atoms with Crippen LogP contribution in [0.25, 0.3) is 11.2 Å². The molecule has 4 atom stereocenters. The Labute approximate surface area is 264 Å². The first-order chi connectivity index (χ1) is 19.8. The van der Waals surface area contributed by atoms with E-state index in [1.54, 1.807) is 18.4 Å². The minimum absolute atomic E-state index is 0.0358. The molecule has 1 saturated heterocycles. The van der Waals surface area contributed by atoms with Crippen LogP contribution in [-0.4, -0.2) is 66.2 Å². The number of aromatic nitrogens is 4. The number of ketones is 1. The molecular weight excluding hydrogens is 595 g/mol. The Morgan fingerprint density at radius 3 is 2.09 bits per heavy atom. The number of H-pyrrole nitrogens is 1. The quantitative estimate of drug-likeness (QED) is 0.298. The van der Waals surface area contributed by atoms with E-state index in [2.05, 4.69) is 88.0 Å². The van der Waals surface area contributed by atoms with Gasteiger partial charge >= 0.3 is 0 Å². The first kappa shape index (κ1) is 36.3. The Hall–Kier alpha value is -2.20. The first-order valence-corrected chi connectivity index (χ1v) is 21.4. The van der Waals surface area contributed by atoms with Crippen molar-refractivity contribution < 1.29 is 23.2 Å². The highest BCUT2D eigenvalue weighted by atomic mass is 28.4. The normalized spacial score (nSPS) is 21.2. The number of ether oxygens (including phenoxy) is 1. The lowest BCUT2D eigenvalue weighted by Gasteiger charge is -2.44. The van der Waals surface area contributed by atoms with Crippen LogP contribution in [-0.2, 0) is 23.2 Å². The second-order valence-electron chi connectivity index (χ2n) is 16.5. The van der Waals surface area contributed by atoms with E-state index < -0.39 is 52.1 Å². The average molecular weight is 650 g/mol. The number of fused-ring (bicyclic) bond motifs is 1. The minimum Gasteiger partial charge on any atom is -0.411 e. The number of amides is 1. The zero-order valence-electron chi connectivity index (χ0n) is 29.5. The third-order valence-corrected chi connectivity index (χ3v) is 18.4. The van der Waals surface area contributed by atoms with Crippen LogP contribution in [0.5, 0.6) is 0 Å². The van der Waals surface area contributed by atoms with Gasteiger partial charge in [0.05, 0.1) is 12.4 Å². The lowest BCUT2D eigenvalue weighted by molar-refractivity contribution is -0.146. The van der Waals surface area contributed by atoms with Crippen LogP contribution in [0.1, 0.15) is 88.8 Å². The van der Waals surface area contributed by atoms with Gasteiger partial charge < -0.3 is 13.6 Å². The summed E-state index contributed by atoms with van der Waals surface area (Å²) in [6.07, 6.45) is -0.730. The summed E-state index contributed by atoms with van der Waals surface area (Å²) in [5, 5.41) is 2.45. The molecule has 0 aliphatic carbocycles. The second kappa shape index (κ2) is 12.2. The molecule has 0 saturated carbocycles. The van der Waals surface area contributed by atoms with E-state index in [-0.39, 0.29) is 44.8 Å². The van der Waals surface area contributed by atoms with Gasteiger partial charge in [-0.05, 0) is 36.3 Å². The number of nitrogens with one attached hydrogen (secondary N) is 2. The zero-order chi connectivity index (χ0) is 33.8. The van der Waals surface area contributed by atoms with Crippen molar-refractivity contribution in [2.75, 3.05) is 5.32 Å². The Morgan fingerprint density at radius 2 is 1.59 bits per heavy atom. The third kappa shape index (κ3) is 7.60. The Kier molecular flexibility index (Phi) is 10.1. The van der Waals surface area contributed by atoms with Gasteiger partial charge in [0.2, 0.25) is 11.9 Å². The first-order valence-electron chi connectivity index (χ1n) is 15.6. The molecule has 1 amide bonds. The number of hydrogen-bond donors (Lipinski definition) is 2. The van der Waals surface area contributed by atoms with Gasteiger partial charge in [-0.15, -0.1) is 0 Å². The summed E-state index contributed by atoms with van der Waals surface area (Å²) in [6, 6.07) is 0. The van der Waals surface area contributed by atoms with Gasteiger partial charge in [-0.25, -0.2) is 4.98 Å². The van der Waals surface area contributed by atoms with Crippen LogP contribution in [0.4, 0.5) is 5.95 Å². The maximum absolute atomic E-state index is 14.2. The number of aromatic amines is 1. The highest BCUT2D eigenvalue weighted by Crippen LogP contribution is 2.45. The van der Waals surface area contributed by atoms with Gasteiger partial charge in [-0.2, -0.15) is 4.98 Å². The van der Waals surface area contributed by atoms with Crippen molar-refractivity contribution in [1.29, 1.82) is 0 Å². The fourth-order valence-corrected chi connectivity index (χ4v) is 6.99. The molecular formula is C31H55N5O6Si2. The Bertz CT molecular complexity index is 1430. The molecule has 1 aliphatic rings.